The van der Waals surface area contributed by atoms with Crippen molar-refractivity contribution in [3.63, 3.8) is 0 Å². The van der Waals surface area contributed by atoms with Crippen molar-refractivity contribution in [2.75, 3.05) is 6.61 Å². The zero-order chi connectivity index (χ0) is 24.9. The van der Waals surface area contributed by atoms with Crippen LogP contribution in [0.4, 0.5) is 8.78 Å². The van der Waals surface area contributed by atoms with Crippen molar-refractivity contribution in [1.82, 2.24) is 9.97 Å². The number of ether oxygens (including phenoxy) is 2. The number of aryl methyl sites for hydroxylation is 2. The topological polar surface area (TPSA) is 81.5 Å². The highest BCUT2D eigenvalue weighted by atomic mass is 19.1. The summed E-state index contributed by atoms with van der Waals surface area (Å²) in [6.07, 6.45) is -1.05. The minimum absolute atomic E-state index is 0.133. The molecule has 1 atom stereocenters. The molecule has 0 amide bonds. The summed E-state index contributed by atoms with van der Waals surface area (Å²) in [6.45, 7) is 7.67. The van der Waals surface area contributed by atoms with Crippen molar-refractivity contribution >= 4 is 5.97 Å². The molecular formula is C26H28F2N2O4. The predicted molar refractivity (Wildman–Crippen MR) is 123 cm³/mol. The summed E-state index contributed by atoms with van der Waals surface area (Å²) in [4.78, 5) is 21.1. The summed E-state index contributed by atoms with van der Waals surface area (Å²) >= 11 is 0. The number of carboxylic acids is 1. The number of halogens is 2. The fourth-order valence-electron chi connectivity index (χ4n) is 3.72. The maximum atomic E-state index is 13.8. The van der Waals surface area contributed by atoms with Gasteiger partial charge in [0, 0.05) is 18.0 Å². The number of nitrogens with zero attached hydrogens (tertiary/aromatic N) is 2. The Kier molecular flexibility index (Phi) is 7.94. The standard InChI is InChI=1S/C26H28F2N2O4/c1-16(2)13-14-33-26(19-5-9-21(27)10-6-19,20-7-11-22(28)12-8-20)23(24(31)32)34-25-29-17(3)15-18(4)30-25/h5-12,15-16,23H,13-14H2,1-4H3,(H,31,32)/t23-/m0/s1. The van der Waals surface area contributed by atoms with Crippen LogP contribution in [-0.2, 0) is 15.1 Å². The Morgan fingerprint density at radius 3 is 1.82 bits per heavy atom. The van der Waals surface area contributed by atoms with E-state index in [1.165, 1.54) is 48.5 Å². The molecule has 3 rings (SSSR count). The molecule has 0 fully saturated rings. The number of hydrogen-bond donors (Lipinski definition) is 1. The van der Waals surface area contributed by atoms with Gasteiger partial charge in [-0.15, -0.1) is 0 Å². The normalized spacial score (nSPS) is 12.6. The molecular weight excluding hydrogens is 442 g/mol. The average Bonchev–Trinajstić information content (AvgIpc) is 2.76. The van der Waals surface area contributed by atoms with Gasteiger partial charge in [-0.2, -0.15) is 0 Å². The average molecular weight is 471 g/mol. The van der Waals surface area contributed by atoms with Gasteiger partial charge in [0.1, 0.15) is 11.6 Å². The second-order valence-electron chi connectivity index (χ2n) is 8.55. The highest BCUT2D eigenvalue weighted by Crippen LogP contribution is 2.40. The van der Waals surface area contributed by atoms with E-state index in [9.17, 15) is 18.7 Å². The number of carbonyl (C=O) groups is 1. The van der Waals surface area contributed by atoms with Gasteiger partial charge < -0.3 is 14.6 Å². The second kappa shape index (κ2) is 10.7. The van der Waals surface area contributed by atoms with E-state index in [1.54, 1.807) is 19.9 Å². The Balaban J connectivity index is 2.24. The first-order valence-corrected chi connectivity index (χ1v) is 11.0. The van der Waals surface area contributed by atoms with E-state index in [0.717, 1.165) is 0 Å². The molecule has 0 bridgehead atoms. The SMILES string of the molecule is Cc1cc(C)nc(O[C@@H](C(=O)O)C(OCCC(C)C)(c2ccc(F)cc2)c2ccc(F)cc2)n1. The largest absolute Gasteiger partial charge is 0.478 e. The van der Waals surface area contributed by atoms with Crippen LogP contribution >= 0.6 is 0 Å². The summed E-state index contributed by atoms with van der Waals surface area (Å²) in [6, 6.07) is 12.2. The first-order chi connectivity index (χ1) is 16.1. The van der Waals surface area contributed by atoms with E-state index in [-0.39, 0.29) is 18.5 Å². The van der Waals surface area contributed by atoms with Gasteiger partial charge in [0.25, 0.3) is 0 Å². The van der Waals surface area contributed by atoms with Crippen molar-refractivity contribution in [2.45, 2.75) is 45.8 Å². The van der Waals surface area contributed by atoms with Gasteiger partial charge in [0.05, 0.1) is 0 Å². The molecule has 0 aliphatic rings. The number of hydrogen-bond acceptors (Lipinski definition) is 5. The number of benzene rings is 2. The fourth-order valence-corrected chi connectivity index (χ4v) is 3.72. The molecule has 3 aromatic rings. The molecule has 1 heterocycles. The Morgan fingerprint density at radius 2 is 1.41 bits per heavy atom. The lowest BCUT2D eigenvalue weighted by molar-refractivity contribution is -0.164. The molecule has 1 N–H and O–H groups in total. The molecule has 0 radical (unpaired) electrons. The van der Waals surface area contributed by atoms with Crippen LogP contribution in [-0.4, -0.2) is 33.8 Å². The van der Waals surface area contributed by atoms with E-state index in [2.05, 4.69) is 9.97 Å². The lowest BCUT2D eigenvalue weighted by Crippen LogP contribution is -2.51. The molecule has 2 aromatic carbocycles. The lowest BCUT2D eigenvalue weighted by atomic mass is 9.80. The van der Waals surface area contributed by atoms with Crippen LogP contribution in [0.1, 0.15) is 42.8 Å². The van der Waals surface area contributed by atoms with Crippen LogP contribution in [0, 0.1) is 31.4 Å². The van der Waals surface area contributed by atoms with Crippen molar-refractivity contribution in [3.8, 4) is 6.01 Å². The highest BCUT2D eigenvalue weighted by molar-refractivity contribution is 5.76. The van der Waals surface area contributed by atoms with Gasteiger partial charge in [-0.1, -0.05) is 38.1 Å². The van der Waals surface area contributed by atoms with Crippen LogP contribution in [0.3, 0.4) is 0 Å². The van der Waals surface area contributed by atoms with Gasteiger partial charge in [-0.05, 0) is 67.6 Å². The third kappa shape index (κ3) is 5.75. The predicted octanol–water partition coefficient (Wildman–Crippen LogP) is 5.21. The zero-order valence-corrected chi connectivity index (χ0v) is 19.6. The fraction of sp³-hybridized carbons (Fsp3) is 0.346. The van der Waals surface area contributed by atoms with Crippen molar-refractivity contribution in [2.24, 2.45) is 5.92 Å². The van der Waals surface area contributed by atoms with Crippen LogP contribution in [0.15, 0.2) is 54.6 Å². The summed E-state index contributed by atoms with van der Waals surface area (Å²) in [7, 11) is 0. The maximum absolute atomic E-state index is 13.8. The zero-order valence-electron chi connectivity index (χ0n) is 19.6. The molecule has 1 aromatic heterocycles. The van der Waals surface area contributed by atoms with Gasteiger partial charge in [-0.25, -0.2) is 23.5 Å². The van der Waals surface area contributed by atoms with E-state index in [0.29, 0.717) is 28.9 Å². The lowest BCUT2D eigenvalue weighted by Gasteiger charge is -2.39. The minimum Gasteiger partial charge on any atom is -0.478 e. The number of carboxylic acid groups (broad SMARTS) is 1. The molecule has 34 heavy (non-hydrogen) atoms. The summed E-state index contributed by atoms with van der Waals surface area (Å²) in [5, 5.41) is 10.3. The highest BCUT2D eigenvalue weighted by Gasteiger charge is 2.50. The quantitative estimate of drug-likeness (QED) is 0.438. The number of rotatable bonds is 10. The van der Waals surface area contributed by atoms with Gasteiger partial charge in [0.2, 0.25) is 6.10 Å². The Bertz CT molecular complexity index is 1050. The molecule has 180 valence electrons. The molecule has 0 aliphatic heterocycles. The third-order valence-corrected chi connectivity index (χ3v) is 5.35. The summed E-state index contributed by atoms with van der Waals surface area (Å²) in [5.74, 6) is -2.07. The van der Waals surface area contributed by atoms with Crippen molar-refractivity contribution in [3.05, 3.63) is 88.7 Å². The molecule has 6 nitrogen and oxygen atoms in total. The van der Waals surface area contributed by atoms with E-state index in [4.69, 9.17) is 9.47 Å². The van der Waals surface area contributed by atoms with Gasteiger partial charge >= 0.3 is 12.0 Å². The minimum atomic E-state index is -1.75. The third-order valence-electron chi connectivity index (χ3n) is 5.35. The molecule has 8 heteroatoms. The van der Waals surface area contributed by atoms with Crippen molar-refractivity contribution in [1.29, 1.82) is 0 Å². The van der Waals surface area contributed by atoms with E-state index in [1.807, 2.05) is 13.8 Å². The molecule has 0 saturated carbocycles. The van der Waals surface area contributed by atoms with Crippen LogP contribution < -0.4 is 4.74 Å². The number of aromatic nitrogens is 2. The first-order valence-electron chi connectivity index (χ1n) is 11.0. The molecule has 0 unspecified atom stereocenters. The Labute approximate surface area is 197 Å². The Morgan fingerprint density at radius 1 is 0.941 bits per heavy atom. The smallest absolute Gasteiger partial charge is 0.348 e. The maximum Gasteiger partial charge on any atom is 0.348 e. The van der Waals surface area contributed by atoms with Gasteiger partial charge in [0.15, 0.2) is 5.60 Å². The number of aliphatic carboxylic acids is 1. The molecule has 0 aliphatic carbocycles. The van der Waals surface area contributed by atoms with Crippen molar-refractivity contribution < 1.29 is 28.2 Å². The summed E-state index contributed by atoms with van der Waals surface area (Å²) < 4.78 is 39.9. The molecule has 0 spiro atoms. The monoisotopic (exact) mass is 470 g/mol. The van der Waals surface area contributed by atoms with E-state index >= 15 is 0 Å². The second-order valence-corrected chi connectivity index (χ2v) is 8.55. The van der Waals surface area contributed by atoms with Crippen LogP contribution in [0.25, 0.3) is 0 Å². The first kappa shape index (κ1) is 25.2. The van der Waals surface area contributed by atoms with Crippen LogP contribution in [0.2, 0.25) is 0 Å². The molecule has 0 saturated heterocycles. The summed E-state index contributed by atoms with van der Waals surface area (Å²) in [5.41, 5.74) is 0.119. The van der Waals surface area contributed by atoms with Crippen LogP contribution in [0.5, 0.6) is 6.01 Å². The Hall–Kier alpha value is -3.39. The van der Waals surface area contributed by atoms with Gasteiger partial charge in [-0.3, -0.25) is 0 Å². The van der Waals surface area contributed by atoms with E-state index < -0.39 is 29.3 Å².